The fraction of sp³-hybridized carbons (Fsp3) is 0.333. The molecule has 0 aliphatic carbocycles. The van der Waals surface area contributed by atoms with Crippen molar-refractivity contribution in [3.05, 3.63) is 23.8 Å². The van der Waals surface area contributed by atoms with Crippen molar-refractivity contribution in [1.29, 1.82) is 5.26 Å². The lowest BCUT2D eigenvalue weighted by Crippen LogP contribution is -1.99. The molecule has 4 nitrogen and oxygen atoms in total. The summed E-state index contributed by atoms with van der Waals surface area (Å²) in [6, 6.07) is 5.91. The van der Waals surface area contributed by atoms with E-state index in [1.807, 2.05) is 6.07 Å². The van der Waals surface area contributed by atoms with E-state index in [1.165, 1.54) is 12.1 Å². The summed E-state index contributed by atoms with van der Waals surface area (Å²) in [5, 5.41) is 26.8. The molecule has 1 aromatic rings. The van der Waals surface area contributed by atoms with E-state index in [4.69, 9.17) is 10.4 Å². The van der Waals surface area contributed by atoms with Crippen LogP contribution >= 0.6 is 0 Å². The lowest BCUT2D eigenvalue weighted by Gasteiger charge is -2.03. The second-order valence-corrected chi connectivity index (χ2v) is 3.49. The molecule has 0 saturated heterocycles. The van der Waals surface area contributed by atoms with E-state index in [1.54, 1.807) is 0 Å². The molecule has 0 atom stereocenters. The van der Waals surface area contributed by atoms with Crippen LogP contribution in [0.3, 0.4) is 0 Å². The van der Waals surface area contributed by atoms with Crippen molar-refractivity contribution >= 4 is 5.78 Å². The summed E-state index contributed by atoms with van der Waals surface area (Å²) in [5.41, 5.74) is 0.217. The SMILES string of the molecule is N#CCCCCC(=O)c1ccc(O)cc1O. The summed E-state index contributed by atoms with van der Waals surface area (Å²) in [7, 11) is 0. The number of benzene rings is 1. The van der Waals surface area contributed by atoms with Gasteiger partial charge >= 0.3 is 0 Å². The highest BCUT2D eigenvalue weighted by atomic mass is 16.3. The highest BCUT2D eigenvalue weighted by Crippen LogP contribution is 2.24. The Morgan fingerprint density at radius 2 is 2.06 bits per heavy atom. The van der Waals surface area contributed by atoms with Gasteiger partial charge in [-0.15, -0.1) is 0 Å². The Balaban J connectivity index is 2.57. The molecule has 0 radical (unpaired) electrons. The lowest BCUT2D eigenvalue weighted by atomic mass is 10.0. The summed E-state index contributed by atoms with van der Waals surface area (Å²) in [5.74, 6) is -0.445. The van der Waals surface area contributed by atoms with Crippen LogP contribution in [0.25, 0.3) is 0 Å². The Labute approximate surface area is 93.8 Å². The third-order valence-corrected chi connectivity index (χ3v) is 2.22. The zero-order valence-electron chi connectivity index (χ0n) is 8.81. The van der Waals surface area contributed by atoms with Crippen LogP contribution in [0.15, 0.2) is 18.2 Å². The topological polar surface area (TPSA) is 81.3 Å². The van der Waals surface area contributed by atoms with Gasteiger partial charge in [0.2, 0.25) is 0 Å². The number of aromatic hydroxyl groups is 2. The molecule has 16 heavy (non-hydrogen) atoms. The molecule has 84 valence electrons. The second kappa shape index (κ2) is 5.76. The first-order chi connectivity index (χ1) is 7.65. The van der Waals surface area contributed by atoms with Gasteiger partial charge in [-0.1, -0.05) is 0 Å². The molecule has 1 rings (SSSR count). The van der Waals surface area contributed by atoms with Gasteiger partial charge in [-0.2, -0.15) is 5.26 Å². The van der Waals surface area contributed by atoms with Gasteiger partial charge in [0.05, 0.1) is 11.6 Å². The average molecular weight is 219 g/mol. The minimum atomic E-state index is -0.203. The molecule has 1 aromatic carbocycles. The van der Waals surface area contributed by atoms with Crippen molar-refractivity contribution in [2.24, 2.45) is 0 Å². The third-order valence-electron chi connectivity index (χ3n) is 2.22. The third kappa shape index (κ3) is 3.28. The van der Waals surface area contributed by atoms with Crippen molar-refractivity contribution in [3.63, 3.8) is 0 Å². The molecule has 0 saturated carbocycles. The smallest absolute Gasteiger partial charge is 0.166 e. The Bertz CT molecular complexity index is 421. The summed E-state index contributed by atoms with van der Waals surface area (Å²) in [6.45, 7) is 0. The van der Waals surface area contributed by atoms with Gasteiger partial charge in [0.15, 0.2) is 5.78 Å². The van der Waals surface area contributed by atoms with Crippen LogP contribution in [0.2, 0.25) is 0 Å². The number of phenols is 2. The molecular formula is C12H13NO3. The van der Waals surface area contributed by atoms with Crippen LogP contribution in [0.4, 0.5) is 0 Å². The largest absolute Gasteiger partial charge is 0.508 e. The fourth-order valence-electron chi connectivity index (χ4n) is 1.38. The number of nitriles is 1. The van der Waals surface area contributed by atoms with Gasteiger partial charge in [-0.05, 0) is 25.0 Å². The molecule has 0 aromatic heterocycles. The van der Waals surface area contributed by atoms with Crippen LogP contribution in [0.1, 0.15) is 36.0 Å². The quantitative estimate of drug-likeness (QED) is 0.588. The normalized spacial score (nSPS) is 9.69. The molecule has 0 fully saturated rings. The van der Waals surface area contributed by atoms with E-state index >= 15 is 0 Å². The highest BCUT2D eigenvalue weighted by Gasteiger charge is 2.10. The minimum Gasteiger partial charge on any atom is -0.508 e. The van der Waals surface area contributed by atoms with Crippen LogP contribution < -0.4 is 0 Å². The molecule has 0 amide bonds. The van der Waals surface area contributed by atoms with Gasteiger partial charge < -0.3 is 10.2 Å². The number of carbonyl (C=O) groups excluding carboxylic acids is 1. The highest BCUT2D eigenvalue weighted by molar-refractivity contribution is 5.98. The van der Waals surface area contributed by atoms with Crippen molar-refractivity contribution < 1.29 is 15.0 Å². The van der Waals surface area contributed by atoms with Gasteiger partial charge in [0.1, 0.15) is 11.5 Å². The predicted molar refractivity (Wildman–Crippen MR) is 58.2 cm³/mol. The lowest BCUT2D eigenvalue weighted by molar-refractivity contribution is 0.0977. The molecule has 4 heteroatoms. The molecule has 0 aliphatic heterocycles. The van der Waals surface area contributed by atoms with Gasteiger partial charge in [0.25, 0.3) is 0 Å². The Kier molecular flexibility index (Phi) is 4.34. The van der Waals surface area contributed by atoms with Gasteiger partial charge in [-0.3, -0.25) is 4.79 Å². The first-order valence-corrected chi connectivity index (χ1v) is 5.07. The maximum absolute atomic E-state index is 11.6. The molecule has 0 heterocycles. The molecule has 0 bridgehead atoms. The Morgan fingerprint density at radius 1 is 1.31 bits per heavy atom. The zero-order valence-corrected chi connectivity index (χ0v) is 8.81. The predicted octanol–water partition coefficient (Wildman–Crippen LogP) is 2.36. The number of hydrogen-bond donors (Lipinski definition) is 2. The number of rotatable bonds is 5. The second-order valence-electron chi connectivity index (χ2n) is 3.49. The Morgan fingerprint density at radius 3 is 2.69 bits per heavy atom. The molecule has 0 unspecified atom stereocenters. The number of unbranched alkanes of at least 4 members (excludes halogenated alkanes) is 2. The summed E-state index contributed by atoms with van der Waals surface area (Å²) >= 11 is 0. The monoisotopic (exact) mass is 219 g/mol. The number of Topliss-reactive ketones (excluding diaryl/α,β-unsaturated/α-hetero) is 1. The van der Waals surface area contributed by atoms with Crippen molar-refractivity contribution in [2.45, 2.75) is 25.7 Å². The van der Waals surface area contributed by atoms with E-state index < -0.39 is 0 Å². The summed E-state index contributed by atoms with van der Waals surface area (Å²) in [4.78, 5) is 11.6. The number of nitrogens with zero attached hydrogens (tertiary/aromatic N) is 1. The number of hydrogen-bond acceptors (Lipinski definition) is 4. The fourth-order valence-corrected chi connectivity index (χ4v) is 1.38. The van der Waals surface area contributed by atoms with E-state index in [2.05, 4.69) is 0 Å². The molecule has 0 spiro atoms. The van der Waals surface area contributed by atoms with Crippen LogP contribution in [0, 0.1) is 11.3 Å². The maximum atomic E-state index is 11.6. The molecule has 0 aliphatic rings. The van der Waals surface area contributed by atoms with Gasteiger partial charge in [-0.25, -0.2) is 0 Å². The average Bonchev–Trinajstić information content (AvgIpc) is 2.24. The minimum absolute atomic E-state index is 0.0708. The first-order valence-electron chi connectivity index (χ1n) is 5.07. The van der Waals surface area contributed by atoms with Crippen LogP contribution in [-0.2, 0) is 0 Å². The number of carbonyl (C=O) groups is 1. The van der Waals surface area contributed by atoms with E-state index in [-0.39, 0.29) is 22.8 Å². The van der Waals surface area contributed by atoms with Crippen molar-refractivity contribution in [1.82, 2.24) is 0 Å². The van der Waals surface area contributed by atoms with Crippen LogP contribution in [-0.4, -0.2) is 16.0 Å². The van der Waals surface area contributed by atoms with Crippen molar-refractivity contribution in [3.8, 4) is 17.6 Å². The number of phenolic OH excluding ortho intramolecular Hbond substituents is 2. The van der Waals surface area contributed by atoms with E-state index in [0.29, 0.717) is 25.7 Å². The van der Waals surface area contributed by atoms with Crippen molar-refractivity contribution in [2.75, 3.05) is 0 Å². The zero-order chi connectivity index (χ0) is 12.0. The maximum Gasteiger partial charge on any atom is 0.166 e. The summed E-state index contributed by atoms with van der Waals surface area (Å²) in [6.07, 6.45) is 2.06. The molecular weight excluding hydrogens is 206 g/mol. The van der Waals surface area contributed by atoms with Gasteiger partial charge in [0, 0.05) is 18.9 Å². The van der Waals surface area contributed by atoms with Crippen LogP contribution in [0.5, 0.6) is 11.5 Å². The van der Waals surface area contributed by atoms with E-state index in [0.717, 1.165) is 6.07 Å². The standard InChI is InChI=1S/C12H13NO3/c13-7-3-1-2-4-11(15)10-6-5-9(14)8-12(10)16/h5-6,8,14,16H,1-4H2. The summed E-state index contributed by atoms with van der Waals surface area (Å²) < 4.78 is 0. The number of ketones is 1. The van der Waals surface area contributed by atoms with E-state index in [9.17, 15) is 9.90 Å². The molecule has 2 N–H and O–H groups in total. The Hall–Kier alpha value is -2.02. The first kappa shape index (κ1) is 12.1.